The Hall–Kier alpha value is -1.22. The van der Waals surface area contributed by atoms with Crippen molar-refractivity contribution in [2.75, 3.05) is 24.7 Å². The van der Waals surface area contributed by atoms with Gasteiger partial charge in [-0.25, -0.2) is 0 Å². The average molecular weight is 178 g/mol. The second-order valence-electron chi connectivity index (χ2n) is 2.87. The van der Waals surface area contributed by atoms with Gasteiger partial charge in [0.1, 0.15) is 0 Å². The number of benzene rings is 1. The van der Waals surface area contributed by atoms with Crippen LogP contribution < -0.4 is 16.4 Å². The van der Waals surface area contributed by atoms with Crippen LogP contribution in [0.15, 0.2) is 12.1 Å². The molecule has 0 aliphatic rings. The smallest absolute Gasteiger partial charge is 0.0394 e. The van der Waals surface area contributed by atoms with Crippen molar-refractivity contribution in [1.82, 2.24) is 0 Å². The summed E-state index contributed by atoms with van der Waals surface area (Å²) in [5.41, 5.74) is 9.68. The first-order valence-electron chi connectivity index (χ1n) is 4.27. The Balaban J connectivity index is 3.20. The van der Waals surface area contributed by atoms with Crippen LogP contribution >= 0.6 is 0 Å². The van der Waals surface area contributed by atoms with E-state index < -0.39 is 0 Å². The fourth-order valence-electron chi connectivity index (χ4n) is 1.30. The number of hydrogen-bond acceptors (Lipinski definition) is 3. The van der Waals surface area contributed by atoms with Gasteiger partial charge in [-0.1, -0.05) is 0 Å². The zero-order valence-electron chi connectivity index (χ0n) is 8.15. The molecule has 4 N–H and O–H groups in total. The van der Waals surface area contributed by atoms with Gasteiger partial charge in [0.2, 0.25) is 0 Å². The summed E-state index contributed by atoms with van der Waals surface area (Å²) in [7, 11) is 3.76. The fourth-order valence-corrected chi connectivity index (χ4v) is 1.30. The fraction of sp³-hybridized carbons (Fsp3) is 0.300. The van der Waals surface area contributed by atoms with E-state index in [1.54, 1.807) is 0 Å². The Morgan fingerprint density at radius 3 is 2.00 bits per heavy atom. The number of nitrogens with two attached hydrogens (primary N) is 1. The molecule has 71 valence electrons. The molecule has 1 aromatic carbocycles. The first-order chi connectivity index (χ1) is 6.22. The van der Waals surface area contributed by atoms with E-state index in [0.717, 1.165) is 22.5 Å². The predicted molar refractivity (Wildman–Crippen MR) is 57.9 cm³/mol. The van der Waals surface area contributed by atoms with Crippen molar-refractivity contribution in [1.29, 1.82) is 0 Å². The predicted octanol–water partition coefficient (Wildman–Crippen LogP) is 1.41. The second kappa shape index (κ2) is 4.14. The van der Waals surface area contributed by atoms with Crippen LogP contribution in [0.4, 0.5) is 11.4 Å². The van der Waals surface area contributed by atoms with Gasteiger partial charge in [-0.05, 0) is 30.2 Å². The van der Waals surface area contributed by atoms with Gasteiger partial charge in [0.25, 0.3) is 0 Å². The summed E-state index contributed by atoms with van der Waals surface area (Å²) in [6.45, 7) is 4.52. The van der Waals surface area contributed by atoms with E-state index in [1.165, 1.54) is 0 Å². The summed E-state index contributed by atoms with van der Waals surface area (Å²) in [5, 5.41) is 6.17. The largest absolute Gasteiger partial charge is 0.388 e. The molecular formula is C10H16N3. The molecule has 13 heavy (non-hydrogen) atoms. The van der Waals surface area contributed by atoms with Crippen LogP contribution in [0, 0.1) is 6.92 Å². The maximum atomic E-state index is 5.57. The molecule has 0 aromatic heterocycles. The van der Waals surface area contributed by atoms with E-state index in [0.29, 0.717) is 6.54 Å². The van der Waals surface area contributed by atoms with Crippen LogP contribution in [0.25, 0.3) is 0 Å². The van der Waals surface area contributed by atoms with E-state index in [-0.39, 0.29) is 0 Å². The third-order valence-corrected chi connectivity index (χ3v) is 2.08. The van der Waals surface area contributed by atoms with E-state index in [9.17, 15) is 0 Å². The minimum Gasteiger partial charge on any atom is -0.388 e. The van der Waals surface area contributed by atoms with Gasteiger partial charge in [0.15, 0.2) is 0 Å². The van der Waals surface area contributed by atoms with Crippen molar-refractivity contribution in [3.05, 3.63) is 30.2 Å². The molecule has 0 atom stereocenters. The topological polar surface area (TPSA) is 50.1 Å². The second-order valence-corrected chi connectivity index (χ2v) is 2.87. The first kappa shape index (κ1) is 9.86. The van der Waals surface area contributed by atoms with Gasteiger partial charge in [0.05, 0.1) is 0 Å². The lowest BCUT2D eigenvalue weighted by molar-refractivity contribution is 1.07. The minimum absolute atomic E-state index is 0.545. The van der Waals surface area contributed by atoms with Crippen LogP contribution in [-0.2, 0) is 6.54 Å². The van der Waals surface area contributed by atoms with Crippen LogP contribution in [0.2, 0.25) is 0 Å². The molecule has 3 heteroatoms. The highest BCUT2D eigenvalue weighted by Crippen LogP contribution is 2.24. The van der Waals surface area contributed by atoms with Crippen LogP contribution in [0.5, 0.6) is 0 Å². The van der Waals surface area contributed by atoms with Crippen molar-refractivity contribution in [2.45, 2.75) is 6.54 Å². The van der Waals surface area contributed by atoms with Gasteiger partial charge < -0.3 is 16.4 Å². The first-order valence-corrected chi connectivity index (χ1v) is 4.27. The van der Waals surface area contributed by atoms with Crippen molar-refractivity contribution in [3.8, 4) is 0 Å². The Bertz CT molecular complexity index is 269. The Morgan fingerprint density at radius 1 is 1.23 bits per heavy atom. The number of hydrogen-bond donors (Lipinski definition) is 3. The van der Waals surface area contributed by atoms with Gasteiger partial charge in [-0.2, -0.15) is 0 Å². The molecule has 3 nitrogen and oxygen atoms in total. The third kappa shape index (κ3) is 1.92. The Labute approximate surface area is 79.3 Å². The molecule has 0 aliphatic heterocycles. The molecule has 0 fully saturated rings. The lowest BCUT2D eigenvalue weighted by Crippen LogP contribution is -2.03. The van der Waals surface area contributed by atoms with E-state index in [2.05, 4.69) is 17.6 Å². The molecule has 1 radical (unpaired) electrons. The molecule has 1 rings (SSSR count). The number of nitrogens with one attached hydrogen (secondary N) is 2. The average Bonchev–Trinajstić information content (AvgIpc) is 2.18. The van der Waals surface area contributed by atoms with Crippen LogP contribution in [0.3, 0.4) is 0 Å². The summed E-state index contributed by atoms with van der Waals surface area (Å²) in [6, 6.07) is 4.03. The number of anilines is 2. The lowest BCUT2D eigenvalue weighted by atomic mass is 10.1. The van der Waals surface area contributed by atoms with Crippen molar-refractivity contribution >= 4 is 11.4 Å². The van der Waals surface area contributed by atoms with Crippen molar-refractivity contribution < 1.29 is 0 Å². The monoisotopic (exact) mass is 178 g/mol. The van der Waals surface area contributed by atoms with Crippen LogP contribution in [0.1, 0.15) is 11.1 Å². The Morgan fingerprint density at radius 2 is 1.69 bits per heavy atom. The molecule has 0 saturated heterocycles. The summed E-state index contributed by atoms with van der Waals surface area (Å²) >= 11 is 0. The minimum atomic E-state index is 0.545. The quantitative estimate of drug-likeness (QED) is 0.656. The Kier molecular flexibility index (Phi) is 3.14. The summed E-state index contributed by atoms with van der Waals surface area (Å²) in [5.74, 6) is 0. The van der Waals surface area contributed by atoms with Gasteiger partial charge in [-0.15, -0.1) is 0 Å². The normalized spacial score (nSPS) is 9.85. The summed E-state index contributed by atoms with van der Waals surface area (Å²) < 4.78 is 0. The van der Waals surface area contributed by atoms with E-state index >= 15 is 0 Å². The molecule has 0 heterocycles. The highest BCUT2D eigenvalue weighted by atomic mass is 14.9. The highest BCUT2D eigenvalue weighted by molar-refractivity contribution is 5.68. The van der Waals surface area contributed by atoms with E-state index in [1.807, 2.05) is 26.2 Å². The molecule has 1 aromatic rings. The molecule has 0 spiro atoms. The standard InChI is InChI=1S/C10H16N3/c1-7-9(12-2)4-8(6-11)5-10(7)13-3/h4-5,12-13H,1,6,11H2,2-3H3. The van der Waals surface area contributed by atoms with Gasteiger partial charge in [0, 0.05) is 32.0 Å². The number of rotatable bonds is 3. The molecule has 0 unspecified atom stereocenters. The zero-order chi connectivity index (χ0) is 9.84. The van der Waals surface area contributed by atoms with Crippen molar-refractivity contribution in [3.63, 3.8) is 0 Å². The maximum Gasteiger partial charge on any atom is 0.0394 e. The van der Waals surface area contributed by atoms with E-state index in [4.69, 9.17) is 5.73 Å². The molecule has 0 saturated carbocycles. The molecule has 0 amide bonds. The molecule has 0 aliphatic carbocycles. The summed E-state index contributed by atoms with van der Waals surface area (Å²) in [6.07, 6.45) is 0. The van der Waals surface area contributed by atoms with Crippen LogP contribution in [-0.4, -0.2) is 14.1 Å². The van der Waals surface area contributed by atoms with Crippen molar-refractivity contribution in [2.24, 2.45) is 5.73 Å². The molecule has 0 bridgehead atoms. The third-order valence-electron chi connectivity index (χ3n) is 2.08. The van der Waals surface area contributed by atoms with Gasteiger partial charge >= 0.3 is 0 Å². The zero-order valence-corrected chi connectivity index (χ0v) is 8.15. The lowest BCUT2D eigenvalue weighted by Gasteiger charge is -2.12. The summed E-state index contributed by atoms with van der Waals surface area (Å²) in [4.78, 5) is 0. The molecular weight excluding hydrogens is 162 g/mol. The van der Waals surface area contributed by atoms with Gasteiger partial charge in [-0.3, -0.25) is 0 Å². The maximum absolute atomic E-state index is 5.57. The highest BCUT2D eigenvalue weighted by Gasteiger charge is 2.03. The SMILES string of the molecule is [CH2]c1c(NC)cc(CN)cc1NC.